The van der Waals surface area contributed by atoms with Crippen LogP contribution in [-0.4, -0.2) is 56.6 Å². The zero-order valence-electron chi connectivity index (χ0n) is 15.9. The van der Waals surface area contributed by atoms with Crippen LogP contribution in [0, 0.1) is 0 Å². The molecule has 152 valence electrons. The van der Waals surface area contributed by atoms with E-state index in [2.05, 4.69) is 31.0 Å². The molecule has 1 aromatic carbocycles. The molecule has 1 heterocycles. The molecule has 0 saturated carbocycles. The molecule has 0 aliphatic carbocycles. The largest absolute Gasteiger partial charge is 0.494 e. The van der Waals surface area contributed by atoms with Gasteiger partial charge in [0.1, 0.15) is 0 Å². The van der Waals surface area contributed by atoms with Crippen molar-refractivity contribution in [2.75, 3.05) is 25.0 Å². The summed E-state index contributed by atoms with van der Waals surface area (Å²) in [6.07, 6.45) is 0. The number of carbonyl (C=O) groups is 2. The van der Waals surface area contributed by atoms with Crippen molar-refractivity contribution in [3.8, 4) is 5.88 Å². The topological polar surface area (TPSA) is 156 Å². The Hall–Kier alpha value is -3.40. The molecule has 28 heavy (non-hydrogen) atoms. The van der Waals surface area contributed by atoms with Crippen molar-refractivity contribution in [2.24, 2.45) is 0 Å². The number of aromatic carboxylic acids is 1. The van der Waals surface area contributed by atoms with Crippen LogP contribution in [0.4, 0.5) is 5.69 Å². The summed E-state index contributed by atoms with van der Waals surface area (Å²) in [7, 11) is 0. The molecule has 1 aromatic heterocycles. The summed E-state index contributed by atoms with van der Waals surface area (Å²) in [6.45, 7) is 10.1. The van der Waals surface area contributed by atoms with E-state index < -0.39 is 34.6 Å². The molecule has 0 atom stereocenters. The van der Waals surface area contributed by atoms with Crippen molar-refractivity contribution in [1.82, 2.24) is 14.9 Å². The number of aromatic hydroxyl groups is 1. The maximum atomic E-state index is 11.9. The first-order chi connectivity index (χ1) is 13.2. The van der Waals surface area contributed by atoms with Crippen LogP contribution >= 0.6 is 0 Å². The van der Waals surface area contributed by atoms with Crippen LogP contribution in [0.25, 0.3) is 0 Å². The third kappa shape index (κ3) is 6.40. The van der Waals surface area contributed by atoms with E-state index in [1.54, 1.807) is 4.98 Å². The summed E-state index contributed by atoms with van der Waals surface area (Å²) in [5.74, 6) is -2.93. The third-order valence-electron chi connectivity index (χ3n) is 3.88. The van der Waals surface area contributed by atoms with Gasteiger partial charge in [0, 0.05) is 5.69 Å². The third-order valence-corrected chi connectivity index (χ3v) is 3.88. The van der Waals surface area contributed by atoms with E-state index in [1.165, 1.54) is 43.9 Å². The minimum absolute atomic E-state index is 0.0257. The van der Waals surface area contributed by atoms with Crippen LogP contribution < -0.4 is 16.6 Å². The van der Waals surface area contributed by atoms with Crippen LogP contribution in [0.3, 0.4) is 0 Å². The molecule has 0 unspecified atom stereocenters. The molecule has 0 saturated heterocycles. The number of hydrogen-bond acceptors (Lipinski definition) is 6. The highest BCUT2D eigenvalue weighted by Gasteiger charge is 2.17. The molecule has 0 aliphatic rings. The second-order valence-corrected chi connectivity index (χ2v) is 5.59. The Labute approximate surface area is 160 Å². The molecule has 5 N–H and O–H groups in total. The van der Waals surface area contributed by atoms with E-state index in [0.717, 1.165) is 0 Å². The number of nitrogens with zero attached hydrogens (tertiary/aromatic N) is 1. The lowest BCUT2D eigenvalue weighted by atomic mass is 10.2. The summed E-state index contributed by atoms with van der Waals surface area (Å²) < 4.78 is 0. The van der Waals surface area contributed by atoms with Crippen LogP contribution in [-0.2, 0) is 0 Å². The number of carboxylic acid groups (broad SMARTS) is 1. The van der Waals surface area contributed by atoms with Gasteiger partial charge in [0.25, 0.3) is 11.5 Å². The molecule has 0 bridgehead atoms. The monoisotopic (exact) mass is 392 g/mol. The molecule has 10 heteroatoms. The Morgan fingerprint density at radius 2 is 1.54 bits per heavy atom. The van der Waals surface area contributed by atoms with E-state index in [4.69, 9.17) is 5.11 Å². The van der Waals surface area contributed by atoms with Gasteiger partial charge >= 0.3 is 11.7 Å². The molecule has 1 amide bonds. The van der Waals surface area contributed by atoms with E-state index in [0.29, 0.717) is 0 Å². The van der Waals surface area contributed by atoms with Gasteiger partial charge in [-0.15, -0.1) is 0 Å². The fraction of sp³-hybridized carbons (Fsp3) is 0.333. The Balaban J connectivity index is 0.000000480. The number of amides is 1. The number of H-pyrrole nitrogens is 2. The Morgan fingerprint density at radius 1 is 1.00 bits per heavy atom. The number of carboxylic acids is 1. The highest BCUT2D eigenvalue weighted by molar-refractivity contribution is 6.05. The molecule has 0 aliphatic heterocycles. The van der Waals surface area contributed by atoms with Gasteiger partial charge in [0.15, 0.2) is 5.56 Å². The number of hydrogen-bond donors (Lipinski definition) is 5. The van der Waals surface area contributed by atoms with Crippen molar-refractivity contribution in [3.63, 3.8) is 0 Å². The highest BCUT2D eigenvalue weighted by atomic mass is 16.4. The molecule has 0 radical (unpaired) electrons. The first-order valence-corrected chi connectivity index (χ1v) is 8.66. The Morgan fingerprint density at radius 3 is 1.93 bits per heavy atom. The number of rotatable bonds is 6. The standard InChI is InChI=1S/C12H9N3O6.C6H15N/c16-8(7-9(17)14-12(21)15-10(7)18)13-6-3-1-5(2-4-6)11(19)20;1-4-7(5-2)6-3/h1-4H,(H,13,16)(H,19,20)(H3,14,15,17,18,21);4-6H2,1-3H3. The van der Waals surface area contributed by atoms with Crippen molar-refractivity contribution in [3.05, 3.63) is 56.2 Å². The summed E-state index contributed by atoms with van der Waals surface area (Å²) in [5, 5.41) is 20.4. The minimum atomic E-state index is -1.12. The van der Waals surface area contributed by atoms with E-state index in [1.807, 2.05) is 4.98 Å². The van der Waals surface area contributed by atoms with Gasteiger partial charge in [-0.3, -0.25) is 19.6 Å². The van der Waals surface area contributed by atoms with Gasteiger partial charge in [-0.2, -0.15) is 0 Å². The van der Waals surface area contributed by atoms with E-state index in [9.17, 15) is 24.3 Å². The minimum Gasteiger partial charge on any atom is -0.494 e. The van der Waals surface area contributed by atoms with Crippen LogP contribution in [0.1, 0.15) is 41.5 Å². The summed E-state index contributed by atoms with van der Waals surface area (Å²) in [6, 6.07) is 5.15. The quantitative estimate of drug-likeness (QED) is 0.492. The predicted molar refractivity (Wildman–Crippen MR) is 104 cm³/mol. The number of aromatic nitrogens is 2. The van der Waals surface area contributed by atoms with Gasteiger partial charge in [0.2, 0.25) is 5.88 Å². The molecular formula is C18H24N4O6. The van der Waals surface area contributed by atoms with Crippen molar-refractivity contribution >= 4 is 17.6 Å². The average molecular weight is 392 g/mol. The van der Waals surface area contributed by atoms with Gasteiger partial charge < -0.3 is 20.4 Å². The van der Waals surface area contributed by atoms with Gasteiger partial charge in [0.05, 0.1) is 5.56 Å². The summed E-state index contributed by atoms with van der Waals surface area (Å²) in [4.78, 5) is 50.9. The first kappa shape index (κ1) is 22.6. The van der Waals surface area contributed by atoms with E-state index in [-0.39, 0.29) is 11.3 Å². The van der Waals surface area contributed by atoms with E-state index >= 15 is 0 Å². The highest BCUT2D eigenvalue weighted by Crippen LogP contribution is 2.12. The van der Waals surface area contributed by atoms with Crippen LogP contribution in [0.5, 0.6) is 5.88 Å². The molecule has 0 spiro atoms. The fourth-order valence-electron chi connectivity index (χ4n) is 2.25. The second kappa shape index (κ2) is 10.7. The lowest BCUT2D eigenvalue weighted by molar-refractivity contribution is 0.0696. The number of carbonyl (C=O) groups excluding carboxylic acids is 1. The number of nitrogens with one attached hydrogen (secondary N) is 3. The summed E-state index contributed by atoms with van der Waals surface area (Å²) in [5.41, 5.74) is -2.40. The van der Waals surface area contributed by atoms with Crippen LogP contribution in [0.15, 0.2) is 33.9 Å². The maximum Gasteiger partial charge on any atom is 0.335 e. The normalized spacial score (nSPS) is 10.1. The van der Waals surface area contributed by atoms with Crippen molar-refractivity contribution < 1.29 is 19.8 Å². The smallest absolute Gasteiger partial charge is 0.335 e. The van der Waals surface area contributed by atoms with Crippen LogP contribution in [0.2, 0.25) is 0 Å². The fourth-order valence-corrected chi connectivity index (χ4v) is 2.25. The molecule has 0 fully saturated rings. The average Bonchev–Trinajstić information content (AvgIpc) is 2.63. The Kier molecular flexibility index (Phi) is 8.63. The number of benzene rings is 1. The second-order valence-electron chi connectivity index (χ2n) is 5.59. The lowest BCUT2D eigenvalue weighted by Crippen LogP contribution is -2.30. The number of aromatic amines is 2. The van der Waals surface area contributed by atoms with Gasteiger partial charge in [-0.05, 0) is 43.9 Å². The lowest BCUT2D eigenvalue weighted by Gasteiger charge is -2.13. The maximum absolute atomic E-state index is 11.9. The first-order valence-electron chi connectivity index (χ1n) is 8.66. The van der Waals surface area contributed by atoms with Gasteiger partial charge in [-0.25, -0.2) is 9.59 Å². The zero-order chi connectivity index (χ0) is 21.3. The van der Waals surface area contributed by atoms with Gasteiger partial charge in [-0.1, -0.05) is 20.8 Å². The predicted octanol–water partition coefficient (Wildman–Crippen LogP) is 1.07. The number of anilines is 1. The summed E-state index contributed by atoms with van der Waals surface area (Å²) >= 11 is 0. The zero-order valence-corrected chi connectivity index (χ0v) is 15.9. The molecular weight excluding hydrogens is 368 g/mol. The Bertz CT molecular complexity index is 907. The SMILES string of the molecule is CCN(CC)CC.O=C(O)c1ccc(NC(=O)c2c(O)[nH]c(=O)[nH]c2=O)cc1. The molecule has 10 nitrogen and oxygen atoms in total. The van der Waals surface area contributed by atoms with Crippen molar-refractivity contribution in [2.45, 2.75) is 20.8 Å². The van der Waals surface area contributed by atoms with Crippen molar-refractivity contribution in [1.29, 1.82) is 0 Å². The molecule has 2 rings (SSSR count). The molecule has 2 aromatic rings.